The molecular weight excluding hydrogens is 362 g/mol. The molecule has 0 aliphatic carbocycles. The molecule has 0 N–H and O–H groups in total. The van der Waals surface area contributed by atoms with E-state index in [0.29, 0.717) is 33.2 Å². The van der Waals surface area contributed by atoms with Crippen LogP contribution in [0.3, 0.4) is 0 Å². The third kappa shape index (κ3) is 5.29. The van der Waals surface area contributed by atoms with Gasteiger partial charge in [-0.1, -0.05) is 58.5 Å². The highest BCUT2D eigenvalue weighted by Gasteiger charge is 1.98. The minimum absolute atomic E-state index is 0.556. The molecule has 0 bridgehead atoms. The third-order valence-corrected chi connectivity index (χ3v) is 3.87. The van der Waals surface area contributed by atoms with Crippen LogP contribution in [0.4, 0.5) is 0 Å². The average Bonchev–Trinajstić information content (AvgIpc) is 2.46. The van der Waals surface area contributed by atoms with Crippen molar-refractivity contribution in [1.29, 1.82) is 0 Å². The Balaban J connectivity index is 1.86. The standard InChI is InChI=1S/C16H12Cl4N2/c17-13-3-1-11(15(19)7-13)9-21-5-6-22-10-12-2-4-14(18)8-16(12)20/h1-4,7-10H,5-6H2. The summed E-state index contributed by atoms with van der Waals surface area (Å²) in [5.41, 5.74) is 1.66. The lowest BCUT2D eigenvalue weighted by molar-refractivity contribution is 0.985. The fourth-order valence-electron chi connectivity index (χ4n) is 1.65. The molecule has 0 aliphatic heterocycles. The van der Waals surface area contributed by atoms with E-state index >= 15 is 0 Å². The van der Waals surface area contributed by atoms with Gasteiger partial charge in [0, 0.05) is 33.6 Å². The van der Waals surface area contributed by atoms with Gasteiger partial charge in [0.15, 0.2) is 0 Å². The van der Waals surface area contributed by atoms with E-state index in [9.17, 15) is 0 Å². The van der Waals surface area contributed by atoms with Crippen molar-refractivity contribution in [3.05, 3.63) is 67.6 Å². The van der Waals surface area contributed by atoms with Crippen molar-refractivity contribution in [2.24, 2.45) is 9.98 Å². The topological polar surface area (TPSA) is 24.7 Å². The quantitative estimate of drug-likeness (QED) is 0.464. The molecule has 2 nitrogen and oxygen atoms in total. The summed E-state index contributed by atoms with van der Waals surface area (Å²) < 4.78 is 0. The monoisotopic (exact) mass is 372 g/mol. The normalized spacial score (nSPS) is 11.6. The van der Waals surface area contributed by atoms with Gasteiger partial charge in [-0.25, -0.2) is 0 Å². The first-order valence-corrected chi connectivity index (χ1v) is 7.97. The van der Waals surface area contributed by atoms with Crippen LogP contribution < -0.4 is 0 Å². The molecule has 0 aromatic heterocycles. The van der Waals surface area contributed by atoms with Gasteiger partial charge in [-0.05, 0) is 24.3 Å². The Morgan fingerprint density at radius 3 is 1.45 bits per heavy atom. The first-order chi connectivity index (χ1) is 10.6. The van der Waals surface area contributed by atoms with Crippen LogP contribution in [0.1, 0.15) is 11.1 Å². The second kappa shape index (κ2) is 8.54. The lowest BCUT2D eigenvalue weighted by Crippen LogP contribution is -1.91. The Hall–Kier alpha value is -1.06. The van der Waals surface area contributed by atoms with Gasteiger partial charge in [0.05, 0.1) is 23.1 Å². The number of aliphatic imine (C=N–C) groups is 2. The molecule has 0 saturated carbocycles. The van der Waals surface area contributed by atoms with E-state index in [1.54, 1.807) is 36.7 Å². The van der Waals surface area contributed by atoms with Gasteiger partial charge < -0.3 is 0 Å². The van der Waals surface area contributed by atoms with Crippen LogP contribution in [-0.4, -0.2) is 25.5 Å². The average molecular weight is 374 g/mol. The van der Waals surface area contributed by atoms with Gasteiger partial charge in [0.1, 0.15) is 0 Å². The molecule has 2 aromatic carbocycles. The maximum Gasteiger partial charge on any atom is 0.0585 e. The van der Waals surface area contributed by atoms with Crippen LogP contribution in [0.2, 0.25) is 20.1 Å². The van der Waals surface area contributed by atoms with E-state index in [2.05, 4.69) is 9.98 Å². The summed E-state index contributed by atoms with van der Waals surface area (Å²) in [4.78, 5) is 8.56. The Labute approximate surface area is 149 Å². The highest BCUT2D eigenvalue weighted by atomic mass is 35.5. The van der Waals surface area contributed by atoms with Crippen molar-refractivity contribution >= 4 is 58.8 Å². The predicted molar refractivity (Wildman–Crippen MR) is 97.8 cm³/mol. The molecular formula is C16H12Cl4N2. The lowest BCUT2D eigenvalue weighted by Gasteiger charge is -1.98. The largest absolute Gasteiger partial charge is 0.291 e. The van der Waals surface area contributed by atoms with Crippen LogP contribution in [-0.2, 0) is 0 Å². The summed E-state index contributed by atoms with van der Waals surface area (Å²) in [6.07, 6.45) is 3.42. The number of rotatable bonds is 5. The highest BCUT2D eigenvalue weighted by Crippen LogP contribution is 2.20. The van der Waals surface area contributed by atoms with Gasteiger partial charge in [0.2, 0.25) is 0 Å². The van der Waals surface area contributed by atoms with Crippen LogP contribution in [0.15, 0.2) is 46.4 Å². The summed E-state index contributed by atoms with van der Waals surface area (Å²) in [5.74, 6) is 0. The number of nitrogens with zero attached hydrogens (tertiary/aromatic N) is 2. The van der Waals surface area contributed by atoms with E-state index in [1.165, 1.54) is 0 Å². The van der Waals surface area contributed by atoms with Crippen molar-refractivity contribution in [3.63, 3.8) is 0 Å². The van der Waals surface area contributed by atoms with Crippen LogP contribution >= 0.6 is 46.4 Å². The first kappa shape index (κ1) is 17.3. The Morgan fingerprint density at radius 2 is 1.09 bits per heavy atom. The molecule has 2 rings (SSSR count). The summed E-state index contributed by atoms with van der Waals surface area (Å²) in [6, 6.07) is 10.6. The second-order valence-electron chi connectivity index (χ2n) is 4.40. The molecule has 6 heteroatoms. The summed E-state index contributed by atoms with van der Waals surface area (Å²) in [6.45, 7) is 1.11. The molecule has 0 heterocycles. The summed E-state index contributed by atoms with van der Waals surface area (Å²) >= 11 is 23.8. The Morgan fingerprint density at radius 1 is 0.682 bits per heavy atom. The first-order valence-electron chi connectivity index (χ1n) is 6.46. The van der Waals surface area contributed by atoms with E-state index in [-0.39, 0.29) is 0 Å². The minimum atomic E-state index is 0.556. The highest BCUT2D eigenvalue weighted by molar-refractivity contribution is 6.36. The third-order valence-electron chi connectivity index (χ3n) is 2.74. The number of hydrogen-bond donors (Lipinski definition) is 0. The van der Waals surface area contributed by atoms with E-state index in [0.717, 1.165) is 11.1 Å². The maximum absolute atomic E-state index is 6.05. The van der Waals surface area contributed by atoms with Crippen molar-refractivity contribution in [2.45, 2.75) is 0 Å². The number of hydrogen-bond acceptors (Lipinski definition) is 2. The van der Waals surface area contributed by atoms with Crippen molar-refractivity contribution in [2.75, 3.05) is 13.1 Å². The molecule has 0 unspecified atom stereocenters. The zero-order valence-corrected chi connectivity index (χ0v) is 14.5. The fourth-order valence-corrected chi connectivity index (χ4v) is 2.57. The van der Waals surface area contributed by atoms with Crippen molar-refractivity contribution in [3.8, 4) is 0 Å². The van der Waals surface area contributed by atoms with Crippen LogP contribution in [0, 0.1) is 0 Å². The Bertz CT molecular complexity index is 650. The number of benzene rings is 2. The van der Waals surface area contributed by atoms with Gasteiger partial charge in [-0.2, -0.15) is 0 Å². The SMILES string of the molecule is Clc1ccc(C=NCCN=Cc2ccc(Cl)cc2Cl)c(Cl)c1. The van der Waals surface area contributed by atoms with Crippen LogP contribution in [0.5, 0.6) is 0 Å². The maximum atomic E-state index is 6.05. The molecule has 0 atom stereocenters. The molecule has 0 saturated heterocycles. The zero-order chi connectivity index (χ0) is 15.9. The van der Waals surface area contributed by atoms with Crippen LogP contribution in [0.25, 0.3) is 0 Å². The minimum Gasteiger partial charge on any atom is -0.291 e. The second-order valence-corrected chi connectivity index (χ2v) is 6.09. The molecule has 0 radical (unpaired) electrons. The fraction of sp³-hybridized carbons (Fsp3) is 0.125. The molecule has 2 aromatic rings. The molecule has 22 heavy (non-hydrogen) atoms. The van der Waals surface area contributed by atoms with Gasteiger partial charge in [0.25, 0.3) is 0 Å². The van der Waals surface area contributed by atoms with E-state index in [4.69, 9.17) is 46.4 Å². The van der Waals surface area contributed by atoms with Crippen molar-refractivity contribution < 1.29 is 0 Å². The molecule has 114 valence electrons. The number of halogens is 4. The lowest BCUT2D eigenvalue weighted by atomic mass is 10.2. The zero-order valence-electron chi connectivity index (χ0n) is 11.4. The van der Waals surface area contributed by atoms with Gasteiger partial charge in [-0.15, -0.1) is 0 Å². The molecule has 0 aliphatic rings. The predicted octanol–water partition coefficient (Wildman–Crippen LogP) is 5.84. The smallest absolute Gasteiger partial charge is 0.0585 e. The summed E-state index contributed by atoms with van der Waals surface area (Å²) in [5, 5.41) is 2.36. The summed E-state index contributed by atoms with van der Waals surface area (Å²) in [7, 11) is 0. The van der Waals surface area contributed by atoms with E-state index in [1.807, 2.05) is 12.1 Å². The molecule has 0 fully saturated rings. The van der Waals surface area contributed by atoms with E-state index < -0.39 is 0 Å². The van der Waals surface area contributed by atoms with Gasteiger partial charge >= 0.3 is 0 Å². The van der Waals surface area contributed by atoms with Crippen molar-refractivity contribution in [1.82, 2.24) is 0 Å². The Kier molecular flexibility index (Phi) is 6.71. The molecule has 0 spiro atoms. The molecule has 0 amide bonds. The van der Waals surface area contributed by atoms with Gasteiger partial charge in [-0.3, -0.25) is 9.98 Å².